The standard InChI is InChI=1S/C5H7ClO3/c6-4-1-3(2-7)9-5(4)8/h3-4,7H,1-2H2. The Hall–Kier alpha value is -0.280. The van der Waals surface area contributed by atoms with Gasteiger partial charge in [0.05, 0.1) is 6.61 Å². The number of carbonyl (C=O) groups excluding carboxylic acids is 1. The maximum Gasteiger partial charge on any atom is 0.324 e. The Balaban J connectivity index is 2.44. The molecule has 1 saturated heterocycles. The topological polar surface area (TPSA) is 46.5 Å². The maximum absolute atomic E-state index is 10.5. The minimum absolute atomic E-state index is 0.130. The van der Waals surface area contributed by atoms with Gasteiger partial charge in [0, 0.05) is 6.42 Å². The van der Waals surface area contributed by atoms with E-state index in [-0.39, 0.29) is 12.7 Å². The second kappa shape index (κ2) is 2.54. The van der Waals surface area contributed by atoms with Crippen LogP contribution >= 0.6 is 11.6 Å². The van der Waals surface area contributed by atoms with Crippen molar-refractivity contribution in [3.63, 3.8) is 0 Å². The molecular weight excluding hydrogens is 144 g/mol. The van der Waals surface area contributed by atoms with Gasteiger partial charge in [0.1, 0.15) is 11.5 Å². The monoisotopic (exact) mass is 150 g/mol. The molecule has 0 radical (unpaired) electrons. The Morgan fingerprint density at radius 1 is 1.89 bits per heavy atom. The molecule has 0 bridgehead atoms. The van der Waals surface area contributed by atoms with Crippen LogP contribution in [0.1, 0.15) is 6.42 Å². The fourth-order valence-electron chi connectivity index (χ4n) is 0.725. The number of aliphatic hydroxyl groups is 1. The highest BCUT2D eigenvalue weighted by Crippen LogP contribution is 2.18. The van der Waals surface area contributed by atoms with Crippen LogP contribution < -0.4 is 0 Å². The molecule has 0 aliphatic carbocycles. The smallest absolute Gasteiger partial charge is 0.324 e. The zero-order chi connectivity index (χ0) is 6.85. The van der Waals surface area contributed by atoms with Crippen molar-refractivity contribution in [2.75, 3.05) is 6.61 Å². The summed E-state index contributed by atoms with van der Waals surface area (Å²) in [4.78, 5) is 10.5. The van der Waals surface area contributed by atoms with E-state index in [0.717, 1.165) is 0 Å². The highest BCUT2D eigenvalue weighted by atomic mass is 35.5. The van der Waals surface area contributed by atoms with Crippen LogP contribution in [0.4, 0.5) is 0 Å². The third-order valence-electron chi connectivity index (χ3n) is 1.21. The van der Waals surface area contributed by atoms with Crippen LogP contribution in [0.15, 0.2) is 0 Å². The lowest BCUT2D eigenvalue weighted by Crippen LogP contribution is -2.10. The summed E-state index contributed by atoms with van der Waals surface area (Å²) in [6.45, 7) is -0.130. The molecule has 1 rings (SSSR count). The van der Waals surface area contributed by atoms with E-state index in [1.807, 2.05) is 0 Å². The second-order valence-electron chi connectivity index (χ2n) is 1.94. The Kier molecular flexibility index (Phi) is 1.93. The predicted octanol–water partition coefficient (Wildman–Crippen LogP) is -0.0984. The van der Waals surface area contributed by atoms with Crippen molar-refractivity contribution in [2.24, 2.45) is 0 Å². The van der Waals surface area contributed by atoms with Gasteiger partial charge in [-0.2, -0.15) is 0 Å². The summed E-state index contributed by atoms with van der Waals surface area (Å²) < 4.78 is 4.60. The normalized spacial score (nSPS) is 34.7. The summed E-state index contributed by atoms with van der Waals surface area (Å²) in [5, 5.41) is 7.91. The van der Waals surface area contributed by atoms with Gasteiger partial charge >= 0.3 is 5.97 Å². The Morgan fingerprint density at radius 2 is 2.56 bits per heavy atom. The van der Waals surface area contributed by atoms with Gasteiger partial charge in [0.2, 0.25) is 0 Å². The molecule has 0 amide bonds. The van der Waals surface area contributed by atoms with Crippen LogP contribution in [0.2, 0.25) is 0 Å². The average molecular weight is 151 g/mol. The fraction of sp³-hybridized carbons (Fsp3) is 0.800. The van der Waals surface area contributed by atoms with E-state index in [9.17, 15) is 4.79 Å². The molecule has 4 heteroatoms. The van der Waals surface area contributed by atoms with Gasteiger partial charge in [-0.1, -0.05) is 0 Å². The summed E-state index contributed by atoms with van der Waals surface area (Å²) >= 11 is 5.45. The van der Waals surface area contributed by atoms with E-state index in [0.29, 0.717) is 6.42 Å². The largest absolute Gasteiger partial charge is 0.459 e. The number of alkyl halides is 1. The lowest BCUT2D eigenvalue weighted by Gasteiger charge is -2.00. The quantitative estimate of drug-likeness (QED) is 0.420. The van der Waals surface area contributed by atoms with Gasteiger partial charge in [0.25, 0.3) is 0 Å². The first-order valence-corrected chi connectivity index (χ1v) is 3.13. The highest BCUT2D eigenvalue weighted by Gasteiger charge is 2.31. The molecule has 1 aliphatic heterocycles. The van der Waals surface area contributed by atoms with Crippen molar-refractivity contribution in [3.8, 4) is 0 Å². The lowest BCUT2D eigenvalue weighted by molar-refractivity contribution is -0.142. The molecule has 0 spiro atoms. The predicted molar refractivity (Wildman–Crippen MR) is 31.2 cm³/mol. The van der Waals surface area contributed by atoms with Crippen molar-refractivity contribution in [1.29, 1.82) is 0 Å². The number of aliphatic hydroxyl groups excluding tert-OH is 1. The SMILES string of the molecule is O=C1OC(CO)CC1Cl. The third kappa shape index (κ3) is 1.34. The number of carbonyl (C=O) groups is 1. The van der Waals surface area contributed by atoms with Crippen molar-refractivity contribution < 1.29 is 14.6 Å². The van der Waals surface area contributed by atoms with Gasteiger partial charge in [-0.15, -0.1) is 11.6 Å². The van der Waals surface area contributed by atoms with Gasteiger partial charge in [-0.25, -0.2) is 0 Å². The van der Waals surface area contributed by atoms with Crippen LogP contribution in [-0.2, 0) is 9.53 Å². The minimum Gasteiger partial charge on any atom is -0.459 e. The number of rotatable bonds is 1. The molecule has 0 saturated carbocycles. The van der Waals surface area contributed by atoms with Gasteiger partial charge in [-0.05, 0) is 0 Å². The Labute approximate surface area is 57.6 Å². The van der Waals surface area contributed by atoms with E-state index in [4.69, 9.17) is 16.7 Å². The summed E-state index contributed by atoms with van der Waals surface area (Å²) in [5.41, 5.74) is 0. The average Bonchev–Trinajstić information content (AvgIpc) is 2.13. The van der Waals surface area contributed by atoms with E-state index in [1.165, 1.54) is 0 Å². The number of esters is 1. The summed E-state index contributed by atoms with van der Waals surface area (Å²) in [6, 6.07) is 0. The summed E-state index contributed by atoms with van der Waals surface area (Å²) in [6.07, 6.45) is 0.0525. The van der Waals surface area contributed by atoms with Crippen LogP contribution in [-0.4, -0.2) is 29.2 Å². The Morgan fingerprint density at radius 3 is 2.78 bits per heavy atom. The molecule has 2 unspecified atom stereocenters. The van der Waals surface area contributed by atoms with Crippen LogP contribution in [0.25, 0.3) is 0 Å². The van der Waals surface area contributed by atoms with Crippen LogP contribution in [0.3, 0.4) is 0 Å². The molecular formula is C5H7ClO3. The molecule has 3 nitrogen and oxygen atoms in total. The first kappa shape index (κ1) is 6.83. The molecule has 2 atom stereocenters. The van der Waals surface area contributed by atoms with Gasteiger partial charge in [0.15, 0.2) is 0 Å². The summed E-state index contributed by atoms with van der Waals surface area (Å²) in [7, 11) is 0. The maximum atomic E-state index is 10.5. The van der Waals surface area contributed by atoms with Crippen molar-refractivity contribution in [3.05, 3.63) is 0 Å². The number of cyclic esters (lactones) is 1. The van der Waals surface area contributed by atoms with Crippen LogP contribution in [0, 0.1) is 0 Å². The van der Waals surface area contributed by atoms with Crippen molar-refractivity contribution >= 4 is 17.6 Å². The molecule has 1 fully saturated rings. The number of hydrogen-bond acceptors (Lipinski definition) is 3. The highest BCUT2D eigenvalue weighted by molar-refractivity contribution is 6.30. The van der Waals surface area contributed by atoms with Gasteiger partial charge < -0.3 is 9.84 Å². The zero-order valence-electron chi connectivity index (χ0n) is 4.71. The summed E-state index contributed by atoms with van der Waals surface area (Å²) in [5.74, 6) is -0.421. The molecule has 9 heavy (non-hydrogen) atoms. The van der Waals surface area contributed by atoms with Gasteiger partial charge in [-0.3, -0.25) is 4.79 Å². The Bertz CT molecular complexity index is 125. The number of halogens is 1. The minimum atomic E-state index is -0.554. The van der Waals surface area contributed by atoms with E-state index in [2.05, 4.69) is 4.74 Å². The molecule has 52 valence electrons. The molecule has 1 heterocycles. The van der Waals surface area contributed by atoms with Crippen molar-refractivity contribution in [1.82, 2.24) is 0 Å². The molecule has 0 aromatic carbocycles. The lowest BCUT2D eigenvalue weighted by atomic mass is 10.2. The first-order valence-electron chi connectivity index (χ1n) is 2.69. The molecule has 0 aromatic heterocycles. The van der Waals surface area contributed by atoms with E-state index < -0.39 is 11.3 Å². The molecule has 1 N–H and O–H groups in total. The second-order valence-corrected chi connectivity index (χ2v) is 2.47. The van der Waals surface area contributed by atoms with E-state index >= 15 is 0 Å². The fourth-order valence-corrected chi connectivity index (χ4v) is 0.975. The van der Waals surface area contributed by atoms with Crippen LogP contribution in [0.5, 0.6) is 0 Å². The van der Waals surface area contributed by atoms with E-state index in [1.54, 1.807) is 0 Å². The van der Waals surface area contributed by atoms with Crippen molar-refractivity contribution in [2.45, 2.75) is 17.9 Å². The first-order chi connectivity index (χ1) is 4.24. The number of ether oxygens (including phenoxy) is 1. The third-order valence-corrected chi connectivity index (χ3v) is 1.57. The molecule has 0 aromatic rings. The number of hydrogen-bond donors (Lipinski definition) is 1. The molecule has 1 aliphatic rings. The zero-order valence-corrected chi connectivity index (χ0v) is 5.47.